The number of anilines is 1. The van der Waals surface area contributed by atoms with E-state index in [0.717, 1.165) is 13.0 Å². The molecule has 1 aromatic heterocycles. The summed E-state index contributed by atoms with van der Waals surface area (Å²) >= 11 is 7.56. The van der Waals surface area contributed by atoms with Gasteiger partial charge in [-0.05, 0) is 24.3 Å². The lowest BCUT2D eigenvalue weighted by atomic mass is 10.5. The van der Waals surface area contributed by atoms with Crippen LogP contribution in [-0.2, 0) is 0 Å². The summed E-state index contributed by atoms with van der Waals surface area (Å²) in [6, 6.07) is 0.270. The van der Waals surface area contributed by atoms with Gasteiger partial charge in [0, 0.05) is 11.8 Å². The predicted molar refractivity (Wildman–Crippen MR) is 72.1 cm³/mol. The number of hydrogen-bond donors (Lipinski definition) is 1. The Labute approximate surface area is 111 Å². The standard InChI is InChI=1S/C10H17ClN4OS/c1-4-5-16-10-14-8(11)13-9(15-10)12-6-7(2)17-3/h7H,4-6H2,1-3H3,(H,12,13,14,15). The molecule has 1 atom stereocenters. The molecule has 1 heterocycles. The van der Waals surface area contributed by atoms with Crippen molar-refractivity contribution in [1.29, 1.82) is 0 Å². The Morgan fingerprint density at radius 1 is 1.41 bits per heavy atom. The molecule has 0 saturated carbocycles. The van der Waals surface area contributed by atoms with Gasteiger partial charge in [0.1, 0.15) is 0 Å². The van der Waals surface area contributed by atoms with E-state index in [-0.39, 0.29) is 11.3 Å². The van der Waals surface area contributed by atoms with Crippen LogP contribution in [0, 0.1) is 0 Å². The number of nitrogens with one attached hydrogen (secondary N) is 1. The minimum atomic E-state index is 0.144. The highest BCUT2D eigenvalue weighted by molar-refractivity contribution is 7.99. The summed E-state index contributed by atoms with van der Waals surface area (Å²) in [7, 11) is 0. The van der Waals surface area contributed by atoms with Crippen molar-refractivity contribution in [2.45, 2.75) is 25.5 Å². The summed E-state index contributed by atoms with van der Waals surface area (Å²) in [6.07, 6.45) is 2.96. The van der Waals surface area contributed by atoms with Gasteiger partial charge in [0.05, 0.1) is 6.61 Å². The molecular formula is C10H17ClN4OS. The second kappa shape index (κ2) is 7.55. The van der Waals surface area contributed by atoms with Crippen LogP contribution in [0.4, 0.5) is 5.95 Å². The minimum Gasteiger partial charge on any atom is -0.463 e. The average Bonchev–Trinajstić information content (AvgIpc) is 2.32. The highest BCUT2D eigenvalue weighted by Gasteiger charge is 2.07. The van der Waals surface area contributed by atoms with Crippen LogP contribution in [-0.4, -0.2) is 39.6 Å². The Balaban J connectivity index is 2.61. The van der Waals surface area contributed by atoms with Crippen LogP contribution in [0.5, 0.6) is 6.01 Å². The van der Waals surface area contributed by atoms with Gasteiger partial charge in [0.25, 0.3) is 0 Å². The molecule has 0 radical (unpaired) electrons. The van der Waals surface area contributed by atoms with Crippen LogP contribution in [0.15, 0.2) is 0 Å². The number of rotatable bonds is 7. The molecule has 0 saturated heterocycles. The van der Waals surface area contributed by atoms with Gasteiger partial charge in [0.2, 0.25) is 11.2 Å². The second-order valence-corrected chi connectivity index (χ2v) is 5.10. The molecule has 1 N–H and O–H groups in total. The average molecular weight is 277 g/mol. The van der Waals surface area contributed by atoms with E-state index in [0.29, 0.717) is 17.8 Å². The maximum absolute atomic E-state index is 5.79. The summed E-state index contributed by atoms with van der Waals surface area (Å²) in [5.74, 6) is 0.456. The number of hydrogen-bond acceptors (Lipinski definition) is 6. The molecule has 7 heteroatoms. The second-order valence-electron chi connectivity index (χ2n) is 3.49. The van der Waals surface area contributed by atoms with E-state index in [1.165, 1.54) is 0 Å². The van der Waals surface area contributed by atoms with Gasteiger partial charge in [-0.1, -0.05) is 13.8 Å². The smallest absolute Gasteiger partial charge is 0.322 e. The summed E-state index contributed by atoms with van der Waals surface area (Å²) in [4.78, 5) is 12.0. The number of aromatic nitrogens is 3. The first kappa shape index (κ1) is 14.3. The van der Waals surface area contributed by atoms with E-state index in [1.54, 1.807) is 11.8 Å². The van der Waals surface area contributed by atoms with Crippen molar-refractivity contribution in [2.75, 3.05) is 24.7 Å². The monoisotopic (exact) mass is 276 g/mol. The highest BCUT2D eigenvalue weighted by Crippen LogP contribution is 2.12. The van der Waals surface area contributed by atoms with E-state index in [2.05, 4.69) is 33.4 Å². The van der Waals surface area contributed by atoms with Crippen LogP contribution < -0.4 is 10.1 Å². The highest BCUT2D eigenvalue weighted by atomic mass is 35.5. The third-order valence-electron chi connectivity index (χ3n) is 1.97. The first-order valence-corrected chi connectivity index (χ1v) is 7.13. The van der Waals surface area contributed by atoms with Crippen molar-refractivity contribution in [3.8, 4) is 6.01 Å². The molecule has 0 fully saturated rings. The summed E-state index contributed by atoms with van der Waals surface area (Å²) < 4.78 is 5.32. The van der Waals surface area contributed by atoms with Gasteiger partial charge in [0.15, 0.2) is 0 Å². The summed E-state index contributed by atoms with van der Waals surface area (Å²) in [5, 5.41) is 3.73. The van der Waals surface area contributed by atoms with Gasteiger partial charge in [-0.2, -0.15) is 26.7 Å². The van der Waals surface area contributed by atoms with Crippen LogP contribution in [0.2, 0.25) is 5.28 Å². The molecule has 0 amide bonds. The Morgan fingerprint density at radius 3 is 2.82 bits per heavy atom. The predicted octanol–water partition coefficient (Wildman–Crippen LogP) is 2.48. The molecule has 0 aliphatic rings. The maximum atomic E-state index is 5.79. The molecule has 1 rings (SSSR count). The first-order chi connectivity index (χ1) is 8.15. The first-order valence-electron chi connectivity index (χ1n) is 5.46. The van der Waals surface area contributed by atoms with Crippen molar-refractivity contribution < 1.29 is 4.74 Å². The van der Waals surface area contributed by atoms with Crippen LogP contribution in [0.1, 0.15) is 20.3 Å². The van der Waals surface area contributed by atoms with Crippen molar-refractivity contribution in [1.82, 2.24) is 15.0 Å². The molecule has 1 unspecified atom stereocenters. The zero-order valence-electron chi connectivity index (χ0n) is 10.2. The molecule has 0 aromatic carbocycles. The Bertz CT molecular complexity index is 353. The molecule has 0 spiro atoms. The normalized spacial score (nSPS) is 12.2. The molecule has 96 valence electrons. The van der Waals surface area contributed by atoms with Gasteiger partial charge < -0.3 is 10.1 Å². The molecule has 0 aliphatic carbocycles. The topological polar surface area (TPSA) is 59.9 Å². The van der Waals surface area contributed by atoms with E-state index < -0.39 is 0 Å². The number of thioether (sulfide) groups is 1. The fourth-order valence-electron chi connectivity index (χ4n) is 0.987. The van der Waals surface area contributed by atoms with Gasteiger partial charge in [-0.25, -0.2) is 0 Å². The number of halogens is 1. The lowest BCUT2D eigenvalue weighted by molar-refractivity contribution is 0.291. The zero-order valence-corrected chi connectivity index (χ0v) is 11.8. The van der Waals surface area contributed by atoms with Crippen LogP contribution >= 0.6 is 23.4 Å². The molecule has 0 aliphatic heterocycles. The Hall–Kier alpha value is -0.750. The van der Waals surface area contributed by atoms with Gasteiger partial charge in [-0.3, -0.25) is 0 Å². The summed E-state index contributed by atoms with van der Waals surface area (Å²) in [5.41, 5.74) is 0. The third-order valence-corrected chi connectivity index (χ3v) is 3.11. The fraction of sp³-hybridized carbons (Fsp3) is 0.700. The lowest BCUT2D eigenvalue weighted by Crippen LogP contribution is -2.15. The Kier molecular flexibility index (Phi) is 6.36. The van der Waals surface area contributed by atoms with Crippen molar-refractivity contribution in [3.63, 3.8) is 0 Å². The zero-order chi connectivity index (χ0) is 12.7. The molecule has 0 bridgehead atoms. The molecular weight excluding hydrogens is 260 g/mol. The number of nitrogens with zero attached hydrogens (tertiary/aromatic N) is 3. The van der Waals surface area contributed by atoms with Gasteiger partial charge >= 0.3 is 6.01 Å². The SMILES string of the molecule is CCCOc1nc(Cl)nc(NCC(C)SC)n1. The van der Waals surface area contributed by atoms with Crippen molar-refractivity contribution in [3.05, 3.63) is 5.28 Å². The lowest BCUT2D eigenvalue weighted by Gasteiger charge is -2.10. The van der Waals surface area contributed by atoms with E-state index in [9.17, 15) is 0 Å². The maximum Gasteiger partial charge on any atom is 0.322 e. The largest absolute Gasteiger partial charge is 0.463 e. The van der Waals surface area contributed by atoms with Crippen LogP contribution in [0.3, 0.4) is 0 Å². The number of ether oxygens (including phenoxy) is 1. The molecule has 17 heavy (non-hydrogen) atoms. The third kappa shape index (κ3) is 5.41. The van der Waals surface area contributed by atoms with E-state index in [1.807, 2.05) is 6.92 Å². The summed E-state index contributed by atoms with van der Waals surface area (Å²) in [6.45, 7) is 5.48. The van der Waals surface area contributed by atoms with E-state index >= 15 is 0 Å². The van der Waals surface area contributed by atoms with Crippen LogP contribution in [0.25, 0.3) is 0 Å². The van der Waals surface area contributed by atoms with Crippen molar-refractivity contribution in [2.24, 2.45) is 0 Å². The molecule has 1 aromatic rings. The van der Waals surface area contributed by atoms with Crippen molar-refractivity contribution >= 4 is 29.3 Å². The quantitative estimate of drug-likeness (QED) is 0.826. The Morgan fingerprint density at radius 2 is 2.18 bits per heavy atom. The fourth-order valence-corrected chi connectivity index (χ4v) is 1.39. The van der Waals surface area contributed by atoms with Gasteiger partial charge in [-0.15, -0.1) is 0 Å². The minimum absolute atomic E-state index is 0.144. The van der Waals surface area contributed by atoms with E-state index in [4.69, 9.17) is 16.3 Å². The molecule has 5 nitrogen and oxygen atoms in total.